The van der Waals surface area contributed by atoms with E-state index in [0.717, 1.165) is 64.2 Å². The van der Waals surface area contributed by atoms with Gasteiger partial charge in [0, 0.05) is 19.4 Å². The summed E-state index contributed by atoms with van der Waals surface area (Å²) >= 11 is 0. The minimum Gasteiger partial charge on any atom is -0.462 e. The van der Waals surface area contributed by atoms with Gasteiger partial charge < -0.3 is 14.2 Å². The topological polar surface area (TPSA) is 61.8 Å². The lowest BCUT2D eigenvalue weighted by molar-refractivity contribution is -0.163. The molecule has 0 amide bonds. The molecular formula is C47H86O5. The maximum atomic E-state index is 12.5. The summed E-state index contributed by atoms with van der Waals surface area (Å²) in [7, 11) is 0. The lowest BCUT2D eigenvalue weighted by atomic mass is 10.1. The molecule has 1 unspecified atom stereocenters. The molecule has 5 nitrogen and oxygen atoms in total. The lowest BCUT2D eigenvalue weighted by Crippen LogP contribution is -2.30. The van der Waals surface area contributed by atoms with Gasteiger partial charge in [-0.25, -0.2) is 0 Å². The van der Waals surface area contributed by atoms with Gasteiger partial charge in [-0.2, -0.15) is 0 Å². The van der Waals surface area contributed by atoms with Crippen LogP contribution in [0.5, 0.6) is 0 Å². The van der Waals surface area contributed by atoms with E-state index < -0.39 is 6.10 Å². The third-order valence-corrected chi connectivity index (χ3v) is 9.63. The van der Waals surface area contributed by atoms with Crippen LogP contribution in [0, 0.1) is 0 Å². The van der Waals surface area contributed by atoms with Crippen LogP contribution in [0.3, 0.4) is 0 Å². The van der Waals surface area contributed by atoms with Crippen molar-refractivity contribution >= 4 is 11.9 Å². The van der Waals surface area contributed by atoms with Crippen LogP contribution in [0.4, 0.5) is 0 Å². The highest BCUT2D eigenvalue weighted by Crippen LogP contribution is 2.13. The van der Waals surface area contributed by atoms with E-state index in [1.165, 1.54) is 128 Å². The zero-order valence-corrected chi connectivity index (χ0v) is 34.8. The van der Waals surface area contributed by atoms with Crippen LogP contribution >= 0.6 is 0 Å². The van der Waals surface area contributed by atoms with Gasteiger partial charge in [0.05, 0.1) is 6.61 Å². The van der Waals surface area contributed by atoms with Gasteiger partial charge in [0.25, 0.3) is 0 Å². The van der Waals surface area contributed by atoms with Gasteiger partial charge in [-0.1, -0.05) is 179 Å². The van der Waals surface area contributed by atoms with Gasteiger partial charge in [-0.15, -0.1) is 0 Å². The highest BCUT2D eigenvalue weighted by atomic mass is 16.6. The van der Waals surface area contributed by atoms with E-state index in [-0.39, 0.29) is 25.2 Å². The molecule has 0 saturated heterocycles. The molecular weight excluding hydrogens is 645 g/mol. The first-order chi connectivity index (χ1) is 25.6. The number of hydrogen-bond acceptors (Lipinski definition) is 5. The van der Waals surface area contributed by atoms with Gasteiger partial charge in [-0.05, 0) is 70.6 Å². The fourth-order valence-corrected chi connectivity index (χ4v) is 6.25. The maximum Gasteiger partial charge on any atom is 0.306 e. The van der Waals surface area contributed by atoms with E-state index in [1.807, 2.05) is 0 Å². The van der Waals surface area contributed by atoms with Crippen molar-refractivity contribution in [3.63, 3.8) is 0 Å². The molecule has 0 bridgehead atoms. The molecule has 0 aromatic rings. The number of esters is 2. The fourth-order valence-electron chi connectivity index (χ4n) is 6.25. The van der Waals surface area contributed by atoms with Crippen LogP contribution in [0.1, 0.15) is 226 Å². The van der Waals surface area contributed by atoms with Crippen molar-refractivity contribution in [3.05, 3.63) is 36.5 Å². The average Bonchev–Trinajstić information content (AvgIpc) is 3.14. The van der Waals surface area contributed by atoms with Crippen LogP contribution < -0.4 is 0 Å². The number of carbonyl (C=O) groups is 2. The zero-order chi connectivity index (χ0) is 37.8. The molecule has 0 aromatic heterocycles. The van der Waals surface area contributed by atoms with Crippen molar-refractivity contribution in [3.8, 4) is 0 Å². The summed E-state index contributed by atoms with van der Waals surface area (Å²) < 4.78 is 17.2. The minimum atomic E-state index is -0.535. The summed E-state index contributed by atoms with van der Waals surface area (Å²) in [6.07, 6.45) is 50.3. The monoisotopic (exact) mass is 731 g/mol. The highest BCUT2D eigenvalue weighted by Gasteiger charge is 2.17. The van der Waals surface area contributed by atoms with Crippen molar-refractivity contribution in [1.82, 2.24) is 0 Å². The number of carbonyl (C=O) groups excluding carboxylic acids is 2. The lowest BCUT2D eigenvalue weighted by Gasteiger charge is -2.18. The standard InChI is InChI=1S/C47H86O5/c1-4-7-10-13-15-17-19-21-22-23-24-25-27-29-31-33-36-39-42-50-43-45(52-47(49)41-38-34-12-9-6-3)44-51-46(48)40-37-35-32-30-28-26-20-18-16-14-11-8-5-2/h11,14,18,20-22,45H,4-10,12-13,15-17,19,23-44H2,1-3H3/b14-11-,20-18-,22-21-. The molecule has 0 aromatic carbocycles. The summed E-state index contributed by atoms with van der Waals surface area (Å²) in [4.78, 5) is 25.0. The largest absolute Gasteiger partial charge is 0.462 e. The van der Waals surface area contributed by atoms with Gasteiger partial charge in [0.2, 0.25) is 0 Å². The molecule has 5 heteroatoms. The molecule has 0 rings (SSSR count). The number of allylic oxidation sites excluding steroid dienone is 6. The Labute approximate surface area is 323 Å². The van der Waals surface area contributed by atoms with Crippen molar-refractivity contribution in [2.24, 2.45) is 0 Å². The second-order valence-corrected chi connectivity index (χ2v) is 15.0. The average molecular weight is 731 g/mol. The van der Waals surface area contributed by atoms with Crippen molar-refractivity contribution in [2.45, 2.75) is 232 Å². The summed E-state index contributed by atoms with van der Waals surface area (Å²) in [5.74, 6) is -0.423. The molecule has 304 valence electrons. The minimum absolute atomic E-state index is 0.0787. The number of ether oxygens (including phenoxy) is 3. The van der Waals surface area contributed by atoms with E-state index in [4.69, 9.17) is 14.2 Å². The molecule has 0 fully saturated rings. The first-order valence-corrected chi connectivity index (χ1v) is 22.5. The van der Waals surface area contributed by atoms with E-state index in [0.29, 0.717) is 19.4 Å². The van der Waals surface area contributed by atoms with Gasteiger partial charge in [0.1, 0.15) is 6.61 Å². The van der Waals surface area contributed by atoms with E-state index in [9.17, 15) is 9.59 Å². The Hall–Kier alpha value is -1.88. The molecule has 0 radical (unpaired) electrons. The quantitative estimate of drug-likeness (QED) is 0.0356. The molecule has 0 saturated carbocycles. The van der Waals surface area contributed by atoms with E-state index in [1.54, 1.807) is 0 Å². The normalized spacial score (nSPS) is 12.4. The molecule has 0 aliphatic carbocycles. The predicted molar refractivity (Wildman–Crippen MR) is 224 cm³/mol. The Morgan fingerprint density at radius 2 is 0.846 bits per heavy atom. The first kappa shape index (κ1) is 50.1. The Balaban J connectivity index is 4.05. The Kier molecular flexibility index (Phi) is 42.0. The fraction of sp³-hybridized carbons (Fsp3) is 0.830. The third-order valence-electron chi connectivity index (χ3n) is 9.63. The molecule has 0 spiro atoms. The van der Waals surface area contributed by atoms with E-state index >= 15 is 0 Å². The molecule has 0 aliphatic rings. The number of hydrogen-bond donors (Lipinski definition) is 0. The second-order valence-electron chi connectivity index (χ2n) is 15.0. The number of unbranched alkanes of at least 4 members (excludes halogenated alkanes) is 24. The molecule has 1 atom stereocenters. The van der Waals surface area contributed by atoms with Crippen molar-refractivity contribution in [2.75, 3.05) is 19.8 Å². The number of rotatable bonds is 41. The Morgan fingerprint density at radius 3 is 1.37 bits per heavy atom. The summed E-state index contributed by atoms with van der Waals surface area (Å²) in [5.41, 5.74) is 0. The van der Waals surface area contributed by atoms with Crippen LogP contribution in [0.15, 0.2) is 36.5 Å². The van der Waals surface area contributed by atoms with Gasteiger partial charge in [0.15, 0.2) is 6.10 Å². The Morgan fingerprint density at radius 1 is 0.423 bits per heavy atom. The molecule has 0 heterocycles. The van der Waals surface area contributed by atoms with Gasteiger partial charge >= 0.3 is 11.9 Å². The second kappa shape index (κ2) is 43.5. The highest BCUT2D eigenvalue weighted by molar-refractivity contribution is 5.70. The van der Waals surface area contributed by atoms with Crippen LogP contribution in [-0.2, 0) is 23.8 Å². The SMILES string of the molecule is CCC/C=C\C/C=C\CCCCCCCC(=O)OCC(COCCCCCCCCCC/C=C\CCCCCCCC)OC(=O)CCCCCCC. The molecule has 0 N–H and O–H groups in total. The van der Waals surface area contributed by atoms with Gasteiger partial charge in [-0.3, -0.25) is 9.59 Å². The molecule has 52 heavy (non-hydrogen) atoms. The summed E-state index contributed by atoms with van der Waals surface area (Å²) in [6.45, 7) is 7.68. The Bertz CT molecular complexity index is 832. The first-order valence-electron chi connectivity index (χ1n) is 22.5. The van der Waals surface area contributed by atoms with Crippen LogP contribution in [0.25, 0.3) is 0 Å². The van der Waals surface area contributed by atoms with Crippen LogP contribution in [-0.4, -0.2) is 37.9 Å². The van der Waals surface area contributed by atoms with Crippen molar-refractivity contribution < 1.29 is 23.8 Å². The molecule has 0 aliphatic heterocycles. The van der Waals surface area contributed by atoms with E-state index in [2.05, 4.69) is 57.2 Å². The third kappa shape index (κ3) is 40.9. The smallest absolute Gasteiger partial charge is 0.306 e. The summed E-state index contributed by atoms with van der Waals surface area (Å²) in [5, 5.41) is 0. The van der Waals surface area contributed by atoms with Crippen LogP contribution in [0.2, 0.25) is 0 Å². The maximum absolute atomic E-state index is 12.5. The zero-order valence-electron chi connectivity index (χ0n) is 34.8. The summed E-state index contributed by atoms with van der Waals surface area (Å²) in [6, 6.07) is 0. The van der Waals surface area contributed by atoms with Crippen molar-refractivity contribution in [1.29, 1.82) is 0 Å². The predicted octanol–water partition coefficient (Wildman–Crippen LogP) is 14.7.